The molecule has 0 aliphatic heterocycles. The maximum absolute atomic E-state index is 12.5. The summed E-state index contributed by atoms with van der Waals surface area (Å²) in [6.45, 7) is 15.5. The number of ether oxygens (including phenoxy) is 6. The second-order valence-electron chi connectivity index (χ2n) is 11.1. The fourth-order valence-electron chi connectivity index (χ4n) is 3.78. The van der Waals surface area contributed by atoms with Crippen LogP contribution in [-0.2, 0) is 30.2 Å². The van der Waals surface area contributed by atoms with E-state index < -0.39 is 60.4 Å². The van der Waals surface area contributed by atoms with E-state index in [-0.39, 0.29) is 17.1 Å². The zero-order chi connectivity index (χ0) is 31.4. The van der Waals surface area contributed by atoms with Crippen molar-refractivity contribution in [2.24, 2.45) is 0 Å². The van der Waals surface area contributed by atoms with E-state index in [2.05, 4.69) is 5.32 Å². The van der Waals surface area contributed by atoms with Gasteiger partial charge in [0.25, 0.3) is 5.72 Å². The van der Waals surface area contributed by atoms with Gasteiger partial charge in [-0.1, -0.05) is 32.8 Å². The van der Waals surface area contributed by atoms with E-state index in [1.807, 2.05) is 13.8 Å². The minimum atomic E-state index is -2.25. The number of carboxylic acid groups (broad SMARTS) is 1. The van der Waals surface area contributed by atoms with E-state index in [4.69, 9.17) is 28.4 Å². The first kappa shape index (κ1) is 35.5. The quantitative estimate of drug-likeness (QED) is 0.108. The molecule has 0 aliphatic rings. The topological polar surface area (TPSA) is 156 Å². The molecule has 0 saturated carbocycles. The van der Waals surface area contributed by atoms with E-state index in [1.165, 1.54) is 18.2 Å². The number of carboxylic acids is 1. The van der Waals surface area contributed by atoms with Crippen molar-refractivity contribution in [3.05, 3.63) is 23.8 Å². The molecule has 12 heteroatoms. The van der Waals surface area contributed by atoms with Gasteiger partial charge in [-0.3, -0.25) is 5.32 Å². The summed E-state index contributed by atoms with van der Waals surface area (Å²) in [7, 11) is 0. The van der Waals surface area contributed by atoms with Crippen molar-refractivity contribution in [2.75, 3.05) is 0 Å². The summed E-state index contributed by atoms with van der Waals surface area (Å²) < 4.78 is 31.7. The van der Waals surface area contributed by atoms with Crippen LogP contribution in [0, 0.1) is 0 Å². The van der Waals surface area contributed by atoms with Crippen molar-refractivity contribution in [3.8, 4) is 11.5 Å². The molecule has 1 rings (SSSR count). The van der Waals surface area contributed by atoms with Crippen LogP contribution in [-0.4, -0.2) is 59.1 Å². The summed E-state index contributed by atoms with van der Waals surface area (Å²) >= 11 is 0. The average molecular weight is 584 g/mol. The molecule has 0 aliphatic carbocycles. The molecule has 0 heterocycles. The van der Waals surface area contributed by atoms with Crippen molar-refractivity contribution < 1.29 is 52.7 Å². The van der Waals surface area contributed by atoms with Crippen LogP contribution in [0.1, 0.15) is 93.6 Å². The Balaban J connectivity index is 3.43. The van der Waals surface area contributed by atoms with Gasteiger partial charge in [-0.2, -0.15) is 0 Å². The molecule has 41 heavy (non-hydrogen) atoms. The second-order valence-corrected chi connectivity index (χ2v) is 11.1. The number of rotatable bonds is 14. The van der Waals surface area contributed by atoms with Crippen LogP contribution in [0.15, 0.2) is 18.2 Å². The maximum atomic E-state index is 12.5. The SMILES string of the molecule is CCCC(C)OC(=O)Oc1ccc(C[C@](NC(C)C)(OC(=O)OC(C)(C)C)C(=O)O)cc1OC(=O)OC(C)CCC. The molecule has 1 aromatic rings. The van der Waals surface area contributed by atoms with E-state index in [0.29, 0.717) is 12.8 Å². The van der Waals surface area contributed by atoms with E-state index >= 15 is 0 Å². The lowest BCUT2D eigenvalue weighted by molar-refractivity contribution is -0.169. The molecule has 0 radical (unpaired) electrons. The Morgan fingerprint density at radius 3 is 1.76 bits per heavy atom. The molecule has 2 unspecified atom stereocenters. The highest BCUT2D eigenvalue weighted by Gasteiger charge is 2.45. The number of hydrogen-bond donors (Lipinski definition) is 2. The zero-order valence-electron chi connectivity index (χ0n) is 25.5. The molecule has 0 aromatic heterocycles. The number of carbonyl (C=O) groups excluding carboxylic acids is 3. The Morgan fingerprint density at radius 2 is 1.32 bits per heavy atom. The summed E-state index contributed by atoms with van der Waals surface area (Å²) in [6.07, 6.45) is -1.70. The van der Waals surface area contributed by atoms with Crippen LogP contribution < -0.4 is 14.8 Å². The molecule has 0 saturated heterocycles. The van der Waals surface area contributed by atoms with Gasteiger partial charge in [0.15, 0.2) is 11.5 Å². The molecule has 0 spiro atoms. The Bertz CT molecular complexity index is 1030. The highest BCUT2D eigenvalue weighted by Crippen LogP contribution is 2.32. The Labute approximate surface area is 241 Å². The predicted octanol–water partition coefficient (Wildman–Crippen LogP) is 6.37. The summed E-state index contributed by atoms with van der Waals surface area (Å²) in [5.74, 6) is -1.87. The van der Waals surface area contributed by atoms with Gasteiger partial charge in [-0.25, -0.2) is 19.2 Å². The first-order valence-corrected chi connectivity index (χ1v) is 13.8. The number of nitrogens with one attached hydrogen (secondary N) is 1. The van der Waals surface area contributed by atoms with Gasteiger partial charge in [-0.15, -0.1) is 0 Å². The number of benzene rings is 1. The monoisotopic (exact) mass is 583 g/mol. The summed E-state index contributed by atoms with van der Waals surface area (Å²) in [4.78, 5) is 49.9. The Morgan fingerprint density at radius 1 is 0.805 bits per heavy atom. The molecule has 1 aromatic carbocycles. The molecule has 232 valence electrons. The minimum absolute atomic E-state index is 0.159. The normalized spacial score (nSPS) is 14.3. The standard InChI is InChI=1S/C29H45NO11/c1-10-12-19(5)36-25(33)38-22-15-14-21(16-23(22)39-26(34)37-20(6)13-11-2)17-29(24(31)32,30-18(3)4)41-27(35)40-28(7,8)9/h14-16,18-20,30H,10-13,17H2,1-9H3,(H,31,32)/t19?,20?,29-/m0/s1. The van der Waals surface area contributed by atoms with E-state index in [0.717, 1.165) is 12.8 Å². The number of carbonyl (C=O) groups is 4. The van der Waals surface area contributed by atoms with Gasteiger partial charge in [0, 0.05) is 12.5 Å². The molecule has 2 N–H and O–H groups in total. The van der Waals surface area contributed by atoms with E-state index in [9.17, 15) is 24.3 Å². The molecular formula is C29H45NO11. The largest absolute Gasteiger partial charge is 0.514 e. The average Bonchev–Trinajstić information content (AvgIpc) is 2.78. The van der Waals surface area contributed by atoms with Gasteiger partial charge in [0.05, 0.1) is 0 Å². The second kappa shape index (κ2) is 16.0. The third-order valence-electron chi connectivity index (χ3n) is 5.35. The van der Waals surface area contributed by atoms with Crippen LogP contribution in [0.4, 0.5) is 14.4 Å². The van der Waals surface area contributed by atoms with Crippen molar-refractivity contribution in [3.63, 3.8) is 0 Å². The highest BCUT2D eigenvalue weighted by molar-refractivity contribution is 5.80. The Kier molecular flexibility index (Phi) is 13.9. The summed E-state index contributed by atoms with van der Waals surface area (Å²) in [5, 5.41) is 12.9. The molecule has 12 nitrogen and oxygen atoms in total. The smallest absolute Gasteiger partial charge is 0.477 e. The first-order valence-electron chi connectivity index (χ1n) is 13.8. The minimum Gasteiger partial charge on any atom is -0.477 e. The maximum Gasteiger partial charge on any atom is 0.514 e. The lowest BCUT2D eigenvalue weighted by atomic mass is 10.0. The molecular weight excluding hydrogens is 538 g/mol. The fraction of sp³-hybridized carbons (Fsp3) is 0.655. The van der Waals surface area contributed by atoms with Crippen molar-refractivity contribution in [1.82, 2.24) is 5.32 Å². The predicted molar refractivity (Wildman–Crippen MR) is 149 cm³/mol. The summed E-state index contributed by atoms with van der Waals surface area (Å²) in [6, 6.07) is 3.62. The van der Waals surface area contributed by atoms with Gasteiger partial charge in [0.1, 0.15) is 17.8 Å². The Hall–Kier alpha value is -3.54. The molecule has 0 bridgehead atoms. The van der Waals surface area contributed by atoms with Crippen LogP contribution >= 0.6 is 0 Å². The van der Waals surface area contributed by atoms with Gasteiger partial charge < -0.3 is 33.5 Å². The van der Waals surface area contributed by atoms with Crippen LogP contribution in [0.5, 0.6) is 11.5 Å². The van der Waals surface area contributed by atoms with Gasteiger partial charge in [-0.05, 0) is 79.0 Å². The van der Waals surface area contributed by atoms with Gasteiger partial charge in [0.2, 0.25) is 0 Å². The zero-order valence-corrected chi connectivity index (χ0v) is 25.5. The summed E-state index contributed by atoms with van der Waals surface area (Å²) in [5.41, 5.74) is -2.92. The van der Waals surface area contributed by atoms with Crippen LogP contribution in [0.3, 0.4) is 0 Å². The first-order chi connectivity index (χ1) is 19.0. The third-order valence-corrected chi connectivity index (χ3v) is 5.35. The van der Waals surface area contributed by atoms with Crippen molar-refractivity contribution in [2.45, 2.75) is 124 Å². The van der Waals surface area contributed by atoms with Gasteiger partial charge >= 0.3 is 24.4 Å². The highest BCUT2D eigenvalue weighted by atomic mass is 16.8. The lowest BCUT2D eigenvalue weighted by Gasteiger charge is -2.33. The molecule has 0 amide bonds. The fourth-order valence-corrected chi connectivity index (χ4v) is 3.78. The van der Waals surface area contributed by atoms with Crippen molar-refractivity contribution in [1.29, 1.82) is 0 Å². The third kappa shape index (κ3) is 13.1. The van der Waals surface area contributed by atoms with Crippen LogP contribution in [0.2, 0.25) is 0 Å². The van der Waals surface area contributed by atoms with Crippen molar-refractivity contribution >= 4 is 24.4 Å². The lowest BCUT2D eigenvalue weighted by Crippen LogP contribution is -2.59. The molecule has 3 atom stereocenters. The number of hydrogen-bond acceptors (Lipinski definition) is 11. The van der Waals surface area contributed by atoms with E-state index in [1.54, 1.807) is 48.5 Å². The van der Waals surface area contributed by atoms with Crippen LogP contribution in [0.25, 0.3) is 0 Å². The molecule has 0 fully saturated rings. The number of aliphatic carboxylic acids is 1.